The normalized spacial score (nSPS) is 9.39. The van der Waals surface area contributed by atoms with Crippen molar-refractivity contribution >= 4 is 29.9 Å². The Labute approximate surface area is 110 Å². The molecule has 0 radical (unpaired) electrons. The van der Waals surface area contributed by atoms with Crippen molar-refractivity contribution in [1.29, 1.82) is 0 Å². The molecule has 6 heteroatoms. The fourth-order valence-corrected chi connectivity index (χ4v) is 1.40. The molecule has 2 aromatic rings. The van der Waals surface area contributed by atoms with Gasteiger partial charge in [-0.1, -0.05) is 6.07 Å². The predicted octanol–water partition coefficient (Wildman–Crippen LogP) is 2.65. The molecule has 0 atom stereocenters. The van der Waals surface area contributed by atoms with Gasteiger partial charge in [0.05, 0.1) is 5.56 Å². The Morgan fingerprint density at radius 1 is 1.28 bits per heavy atom. The van der Waals surface area contributed by atoms with Crippen molar-refractivity contribution in [2.45, 2.75) is 6.92 Å². The number of aromatic nitrogens is 2. The van der Waals surface area contributed by atoms with E-state index < -0.39 is 5.97 Å². The van der Waals surface area contributed by atoms with Gasteiger partial charge in [0, 0.05) is 17.4 Å². The van der Waals surface area contributed by atoms with E-state index in [0.717, 1.165) is 5.69 Å². The first-order valence-electron chi connectivity index (χ1n) is 5.04. The van der Waals surface area contributed by atoms with E-state index in [4.69, 9.17) is 5.11 Å². The topological polar surface area (TPSA) is 75.1 Å². The second-order valence-electron chi connectivity index (χ2n) is 3.56. The molecule has 5 nitrogen and oxygen atoms in total. The summed E-state index contributed by atoms with van der Waals surface area (Å²) in [6.07, 6.45) is 1.46. The van der Waals surface area contributed by atoms with E-state index >= 15 is 0 Å². The summed E-state index contributed by atoms with van der Waals surface area (Å²) in [6, 6.07) is 8.34. The summed E-state index contributed by atoms with van der Waals surface area (Å²) in [4.78, 5) is 18.8. The van der Waals surface area contributed by atoms with E-state index in [1.165, 1.54) is 6.33 Å². The van der Waals surface area contributed by atoms with Gasteiger partial charge in [-0.3, -0.25) is 0 Å². The number of anilines is 2. The largest absolute Gasteiger partial charge is 0.478 e. The van der Waals surface area contributed by atoms with Crippen LogP contribution in [0, 0.1) is 6.92 Å². The number of carboxylic acid groups (broad SMARTS) is 1. The molecule has 0 aliphatic heterocycles. The second kappa shape index (κ2) is 5.97. The van der Waals surface area contributed by atoms with Crippen molar-refractivity contribution in [3.63, 3.8) is 0 Å². The first kappa shape index (κ1) is 13.9. The minimum atomic E-state index is -0.951. The minimum absolute atomic E-state index is 0. The Balaban J connectivity index is 0.00000162. The van der Waals surface area contributed by atoms with Crippen LogP contribution in [0.1, 0.15) is 16.1 Å². The number of aryl methyl sites for hydroxylation is 1. The van der Waals surface area contributed by atoms with E-state index in [0.29, 0.717) is 11.5 Å². The van der Waals surface area contributed by atoms with E-state index in [9.17, 15) is 4.79 Å². The molecule has 2 N–H and O–H groups in total. The zero-order chi connectivity index (χ0) is 12.3. The Kier molecular flexibility index (Phi) is 4.62. The van der Waals surface area contributed by atoms with Crippen molar-refractivity contribution in [2.75, 3.05) is 5.32 Å². The number of rotatable bonds is 3. The van der Waals surface area contributed by atoms with Crippen molar-refractivity contribution in [3.05, 3.63) is 47.9 Å². The number of nitrogens with zero attached hydrogens (tertiary/aromatic N) is 2. The molecule has 0 unspecified atom stereocenters. The Morgan fingerprint density at radius 3 is 2.72 bits per heavy atom. The molecule has 0 fully saturated rings. The number of benzene rings is 1. The van der Waals surface area contributed by atoms with Gasteiger partial charge >= 0.3 is 5.97 Å². The summed E-state index contributed by atoms with van der Waals surface area (Å²) in [7, 11) is 0. The SMILES string of the molecule is Cc1cc(Nc2cccc(C(=O)O)c2)ncn1.Cl. The van der Waals surface area contributed by atoms with Gasteiger partial charge in [-0.2, -0.15) is 0 Å². The molecule has 0 saturated heterocycles. The molecule has 0 bridgehead atoms. The van der Waals surface area contributed by atoms with Crippen LogP contribution in [0.4, 0.5) is 11.5 Å². The highest BCUT2D eigenvalue weighted by atomic mass is 35.5. The molecular weight excluding hydrogens is 254 g/mol. The smallest absolute Gasteiger partial charge is 0.335 e. The van der Waals surface area contributed by atoms with Crippen molar-refractivity contribution in [2.24, 2.45) is 0 Å². The van der Waals surface area contributed by atoms with Gasteiger partial charge in [-0.15, -0.1) is 12.4 Å². The molecule has 94 valence electrons. The number of carbonyl (C=O) groups is 1. The van der Waals surface area contributed by atoms with Crippen molar-refractivity contribution < 1.29 is 9.90 Å². The fourth-order valence-electron chi connectivity index (χ4n) is 1.40. The summed E-state index contributed by atoms with van der Waals surface area (Å²) in [5, 5.41) is 11.9. The lowest BCUT2D eigenvalue weighted by molar-refractivity contribution is 0.0697. The first-order chi connectivity index (χ1) is 8.15. The molecule has 0 saturated carbocycles. The maximum Gasteiger partial charge on any atom is 0.335 e. The summed E-state index contributed by atoms with van der Waals surface area (Å²) >= 11 is 0. The Morgan fingerprint density at radius 2 is 2.06 bits per heavy atom. The van der Waals surface area contributed by atoms with Crippen LogP contribution in [0.5, 0.6) is 0 Å². The van der Waals surface area contributed by atoms with Crippen LogP contribution in [0.3, 0.4) is 0 Å². The van der Waals surface area contributed by atoms with Gasteiger partial charge in [-0.25, -0.2) is 14.8 Å². The highest BCUT2D eigenvalue weighted by Crippen LogP contribution is 2.16. The summed E-state index contributed by atoms with van der Waals surface area (Å²) in [6.45, 7) is 1.86. The Hall–Kier alpha value is -2.14. The molecule has 0 amide bonds. The van der Waals surface area contributed by atoms with Crippen LogP contribution in [-0.2, 0) is 0 Å². The van der Waals surface area contributed by atoms with Gasteiger partial charge in [0.15, 0.2) is 0 Å². The van der Waals surface area contributed by atoms with E-state index in [-0.39, 0.29) is 18.0 Å². The lowest BCUT2D eigenvalue weighted by Gasteiger charge is -2.06. The molecule has 0 aliphatic rings. The standard InChI is InChI=1S/C12H11N3O2.ClH/c1-8-5-11(14-7-13-8)15-10-4-2-3-9(6-10)12(16)17;/h2-7H,1H3,(H,16,17)(H,13,14,15);1H. The number of hydrogen-bond donors (Lipinski definition) is 2. The monoisotopic (exact) mass is 265 g/mol. The number of halogens is 1. The van der Waals surface area contributed by atoms with Crippen LogP contribution in [0.15, 0.2) is 36.7 Å². The van der Waals surface area contributed by atoms with Gasteiger partial charge in [0.1, 0.15) is 12.1 Å². The number of nitrogens with one attached hydrogen (secondary N) is 1. The van der Waals surface area contributed by atoms with Crippen LogP contribution >= 0.6 is 12.4 Å². The third-order valence-corrected chi connectivity index (χ3v) is 2.19. The quantitative estimate of drug-likeness (QED) is 0.892. The van der Waals surface area contributed by atoms with E-state index in [1.54, 1.807) is 30.3 Å². The number of hydrogen-bond acceptors (Lipinski definition) is 4. The van der Waals surface area contributed by atoms with Crippen LogP contribution in [-0.4, -0.2) is 21.0 Å². The molecule has 0 spiro atoms. The third-order valence-electron chi connectivity index (χ3n) is 2.19. The highest BCUT2D eigenvalue weighted by molar-refractivity contribution is 5.89. The summed E-state index contributed by atoms with van der Waals surface area (Å²) in [5.41, 5.74) is 1.76. The van der Waals surface area contributed by atoms with Crippen molar-refractivity contribution in [3.8, 4) is 0 Å². The average molecular weight is 266 g/mol. The van der Waals surface area contributed by atoms with Gasteiger partial charge in [0.25, 0.3) is 0 Å². The molecule has 1 aromatic heterocycles. The van der Waals surface area contributed by atoms with Gasteiger partial charge in [-0.05, 0) is 25.1 Å². The number of aromatic carboxylic acids is 1. The molecule has 1 heterocycles. The molecular formula is C12H12ClN3O2. The van der Waals surface area contributed by atoms with Crippen molar-refractivity contribution in [1.82, 2.24) is 9.97 Å². The zero-order valence-electron chi connectivity index (χ0n) is 9.62. The summed E-state index contributed by atoms with van der Waals surface area (Å²) < 4.78 is 0. The zero-order valence-corrected chi connectivity index (χ0v) is 10.4. The maximum absolute atomic E-state index is 10.8. The molecule has 2 rings (SSSR count). The van der Waals surface area contributed by atoms with E-state index in [2.05, 4.69) is 15.3 Å². The van der Waals surface area contributed by atoms with Crippen LogP contribution in [0.2, 0.25) is 0 Å². The molecule has 1 aromatic carbocycles. The van der Waals surface area contributed by atoms with Crippen LogP contribution < -0.4 is 5.32 Å². The maximum atomic E-state index is 10.8. The lowest BCUT2D eigenvalue weighted by atomic mass is 10.2. The number of carboxylic acids is 1. The van der Waals surface area contributed by atoms with Gasteiger partial charge < -0.3 is 10.4 Å². The van der Waals surface area contributed by atoms with Crippen LogP contribution in [0.25, 0.3) is 0 Å². The molecule has 0 aliphatic carbocycles. The predicted molar refractivity (Wildman–Crippen MR) is 70.7 cm³/mol. The second-order valence-corrected chi connectivity index (χ2v) is 3.56. The highest BCUT2D eigenvalue weighted by Gasteiger charge is 2.03. The Bertz CT molecular complexity index is 561. The fraction of sp³-hybridized carbons (Fsp3) is 0.0833. The molecule has 18 heavy (non-hydrogen) atoms. The lowest BCUT2D eigenvalue weighted by Crippen LogP contribution is -1.99. The minimum Gasteiger partial charge on any atom is -0.478 e. The third kappa shape index (κ3) is 3.43. The average Bonchev–Trinajstić information content (AvgIpc) is 2.29. The van der Waals surface area contributed by atoms with E-state index in [1.807, 2.05) is 6.92 Å². The first-order valence-corrected chi connectivity index (χ1v) is 5.04. The van der Waals surface area contributed by atoms with Gasteiger partial charge in [0.2, 0.25) is 0 Å². The summed E-state index contributed by atoms with van der Waals surface area (Å²) in [5.74, 6) is -0.312.